The zero-order valence-corrected chi connectivity index (χ0v) is 14.2. The van der Waals surface area contributed by atoms with E-state index in [0.29, 0.717) is 36.4 Å². The number of aromatic nitrogens is 4. The molecule has 9 heteroatoms. The Bertz CT molecular complexity index is 650. The number of hydrogen-bond donors (Lipinski definition) is 1. The van der Waals surface area contributed by atoms with E-state index in [1.54, 1.807) is 12.1 Å². The molecule has 0 radical (unpaired) electrons. The Hall–Kier alpha value is -2.19. The molecule has 0 bridgehead atoms. The van der Waals surface area contributed by atoms with E-state index >= 15 is 0 Å². The summed E-state index contributed by atoms with van der Waals surface area (Å²) < 4.78 is 12.2. The fourth-order valence-electron chi connectivity index (χ4n) is 1.89. The van der Waals surface area contributed by atoms with Gasteiger partial charge in [-0.1, -0.05) is 23.7 Å². The van der Waals surface area contributed by atoms with E-state index < -0.39 is 0 Å². The molecule has 2 rings (SSSR count). The van der Waals surface area contributed by atoms with Crippen LogP contribution in [0.25, 0.3) is 0 Å². The summed E-state index contributed by atoms with van der Waals surface area (Å²) in [6, 6.07) is 7.12. The molecular formula is C15H20ClN5O3. The van der Waals surface area contributed by atoms with Crippen molar-refractivity contribution in [3.05, 3.63) is 35.1 Å². The van der Waals surface area contributed by atoms with Gasteiger partial charge in [0, 0.05) is 19.8 Å². The van der Waals surface area contributed by atoms with Crippen LogP contribution in [0.15, 0.2) is 24.3 Å². The van der Waals surface area contributed by atoms with Crippen molar-refractivity contribution in [3.63, 3.8) is 0 Å². The number of rotatable bonds is 10. The molecule has 0 aliphatic heterocycles. The SMILES string of the molecule is CCOCCCNC(=O)Cn1nnnc1COc1ccccc1Cl. The number of para-hydroxylation sites is 1. The van der Waals surface area contributed by atoms with Crippen LogP contribution in [-0.2, 0) is 22.7 Å². The van der Waals surface area contributed by atoms with E-state index in [0.717, 1.165) is 6.42 Å². The van der Waals surface area contributed by atoms with E-state index in [-0.39, 0.29) is 19.1 Å². The van der Waals surface area contributed by atoms with Gasteiger partial charge in [0.05, 0.1) is 5.02 Å². The van der Waals surface area contributed by atoms with Gasteiger partial charge < -0.3 is 14.8 Å². The third-order valence-corrected chi connectivity index (χ3v) is 3.40. The van der Waals surface area contributed by atoms with Gasteiger partial charge in [0.15, 0.2) is 5.82 Å². The average molecular weight is 354 g/mol. The predicted molar refractivity (Wildman–Crippen MR) is 87.7 cm³/mol. The molecule has 0 fully saturated rings. The average Bonchev–Trinajstić information content (AvgIpc) is 3.01. The van der Waals surface area contributed by atoms with Crippen molar-refractivity contribution in [2.75, 3.05) is 19.8 Å². The van der Waals surface area contributed by atoms with Crippen molar-refractivity contribution in [2.45, 2.75) is 26.5 Å². The number of carbonyl (C=O) groups is 1. The van der Waals surface area contributed by atoms with Crippen molar-refractivity contribution in [3.8, 4) is 5.75 Å². The van der Waals surface area contributed by atoms with Crippen molar-refractivity contribution < 1.29 is 14.3 Å². The molecule has 1 heterocycles. The largest absolute Gasteiger partial charge is 0.484 e. The molecule has 8 nitrogen and oxygen atoms in total. The van der Waals surface area contributed by atoms with Crippen LogP contribution >= 0.6 is 11.6 Å². The molecule has 1 aromatic heterocycles. The Kier molecular flexibility index (Phi) is 7.44. The van der Waals surface area contributed by atoms with Gasteiger partial charge in [-0.3, -0.25) is 4.79 Å². The Morgan fingerprint density at radius 1 is 1.38 bits per heavy atom. The number of ether oxygens (including phenoxy) is 2. The zero-order chi connectivity index (χ0) is 17.2. The summed E-state index contributed by atoms with van der Waals surface area (Å²) in [5, 5.41) is 14.6. The maximum atomic E-state index is 11.9. The summed E-state index contributed by atoms with van der Waals surface area (Å²) in [6.45, 7) is 3.93. The number of benzene rings is 1. The lowest BCUT2D eigenvalue weighted by molar-refractivity contribution is -0.121. The first-order valence-corrected chi connectivity index (χ1v) is 8.05. The number of amides is 1. The first-order chi connectivity index (χ1) is 11.7. The van der Waals surface area contributed by atoms with Crippen LogP contribution in [0, 0.1) is 0 Å². The molecule has 1 N–H and O–H groups in total. The number of halogens is 1. The molecule has 0 spiro atoms. The van der Waals surface area contributed by atoms with Crippen molar-refractivity contribution in [1.29, 1.82) is 0 Å². The standard InChI is InChI=1S/C15H20ClN5O3/c1-2-23-9-5-8-17-15(22)10-21-14(18-19-20-21)11-24-13-7-4-3-6-12(13)16/h3-4,6-7H,2,5,8-11H2,1H3,(H,17,22). The van der Waals surface area contributed by atoms with E-state index in [4.69, 9.17) is 21.1 Å². The Balaban J connectivity index is 1.80. The highest BCUT2D eigenvalue weighted by Gasteiger charge is 2.11. The van der Waals surface area contributed by atoms with Gasteiger partial charge in [0.1, 0.15) is 18.9 Å². The minimum Gasteiger partial charge on any atom is -0.484 e. The van der Waals surface area contributed by atoms with Gasteiger partial charge in [-0.05, 0) is 35.9 Å². The van der Waals surface area contributed by atoms with Crippen LogP contribution in [-0.4, -0.2) is 45.9 Å². The molecule has 0 aliphatic carbocycles. The van der Waals surface area contributed by atoms with Gasteiger partial charge >= 0.3 is 0 Å². The van der Waals surface area contributed by atoms with Gasteiger partial charge in [0.2, 0.25) is 5.91 Å². The van der Waals surface area contributed by atoms with Gasteiger partial charge in [-0.15, -0.1) is 5.10 Å². The third-order valence-electron chi connectivity index (χ3n) is 3.08. The molecule has 0 aliphatic rings. The quantitative estimate of drug-likeness (QED) is 0.650. The van der Waals surface area contributed by atoms with Gasteiger partial charge in [-0.25, -0.2) is 4.68 Å². The molecule has 24 heavy (non-hydrogen) atoms. The van der Waals surface area contributed by atoms with Crippen molar-refractivity contribution in [2.24, 2.45) is 0 Å². The highest BCUT2D eigenvalue weighted by atomic mass is 35.5. The fraction of sp³-hybridized carbons (Fsp3) is 0.467. The lowest BCUT2D eigenvalue weighted by Crippen LogP contribution is -2.30. The summed E-state index contributed by atoms with van der Waals surface area (Å²) in [5.41, 5.74) is 0. The molecule has 130 valence electrons. The molecule has 0 saturated heterocycles. The summed E-state index contributed by atoms with van der Waals surface area (Å²) in [6.07, 6.45) is 0.762. The van der Waals surface area contributed by atoms with E-state index in [9.17, 15) is 4.79 Å². The van der Waals surface area contributed by atoms with E-state index in [2.05, 4.69) is 20.8 Å². The summed E-state index contributed by atoms with van der Waals surface area (Å²) in [5.74, 6) is 0.811. The molecule has 2 aromatic rings. The summed E-state index contributed by atoms with van der Waals surface area (Å²) >= 11 is 6.02. The highest BCUT2D eigenvalue weighted by Crippen LogP contribution is 2.23. The molecule has 1 amide bonds. The Labute approximate surface area is 145 Å². The second-order valence-electron chi connectivity index (χ2n) is 4.87. The van der Waals surface area contributed by atoms with Crippen LogP contribution in [0.1, 0.15) is 19.2 Å². The van der Waals surface area contributed by atoms with Crippen LogP contribution < -0.4 is 10.1 Å². The first-order valence-electron chi connectivity index (χ1n) is 7.67. The van der Waals surface area contributed by atoms with Gasteiger partial charge in [0.25, 0.3) is 0 Å². The molecule has 0 unspecified atom stereocenters. The Morgan fingerprint density at radius 3 is 3.00 bits per heavy atom. The lowest BCUT2D eigenvalue weighted by atomic mass is 10.3. The summed E-state index contributed by atoms with van der Waals surface area (Å²) in [4.78, 5) is 11.9. The molecule has 1 aromatic carbocycles. The fourth-order valence-corrected chi connectivity index (χ4v) is 2.08. The highest BCUT2D eigenvalue weighted by molar-refractivity contribution is 6.32. The van der Waals surface area contributed by atoms with Crippen molar-refractivity contribution in [1.82, 2.24) is 25.5 Å². The van der Waals surface area contributed by atoms with Crippen LogP contribution in [0.3, 0.4) is 0 Å². The number of nitrogens with zero attached hydrogens (tertiary/aromatic N) is 4. The topological polar surface area (TPSA) is 91.2 Å². The van der Waals surface area contributed by atoms with Gasteiger partial charge in [-0.2, -0.15) is 0 Å². The monoisotopic (exact) mass is 353 g/mol. The van der Waals surface area contributed by atoms with E-state index in [1.165, 1.54) is 4.68 Å². The maximum Gasteiger partial charge on any atom is 0.241 e. The second-order valence-corrected chi connectivity index (χ2v) is 5.28. The molecule has 0 atom stereocenters. The Morgan fingerprint density at radius 2 is 2.21 bits per heavy atom. The summed E-state index contributed by atoms with van der Waals surface area (Å²) in [7, 11) is 0. The minimum atomic E-state index is -0.169. The normalized spacial score (nSPS) is 10.6. The van der Waals surface area contributed by atoms with Crippen LogP contribution in [0.2, 0.25) is 5.02 Å². The number of hydrogen-bond acceptors (Lipinski definition) is 6. The predicted octanol–water partition coefficient (Wildman–Crippen LogP) is 1.45. The molecular weight excluding hydrogens is 334 g/mol. The van der Waals surface area contributed by atoms with Crippen LogP contribution in [0.5, 0.6) is 5.75 Å². The maximum absolute atomic E-state index is 11.9. The van der Waals surface area contributed by atoms with Crippen LogP contribution in [0.4, 0.5) is 0 Å². The number of nitrogens with one attached hydrogen (secondary N) is 1. The molecule has 0 saturated carbocycles. The van der Waals surface area contributed by atoms with E-state index in [1.807, 2.05) is 19.1 Å². The third kappa shape index (κ3) is 5.78. The van der Waals surface area contributed by atoms with Crippen molar-refractivity contribution >= 4 is 17.5 Å². The number of tetrazole rings is 1. The zero-order valence-electron chi connectivity index (χ0n) is 13.4. The number of carbonyl (C=O) groups excluding carboxylic acids is 1. The lowest BCUT2D eigenvalue weighted by Gasteiger charge is -2.08. The second kappa shape index (κ2) is 9.84. The first kappa shape index (κ1) is 18.2. The minimum absolute atomic E-state index is 0.0306. The smallest absolute Gasteiger partial charge is 0.241 e.